The van der Waals surface area contributed by atoms with Gasteiger partial charge in [-0.2, -0.15) is 0 Å². The van der Waals surface area contributed by atoms with Gasteiger partial charge in [0.2, 0.25) is 11.9 Å². The Morgan fingerprint density at radius 1 is 1.12 bits per heavy atom. The normalized spacial score (nSPS) is 13.2. The molecule has 138 valence electrons. The summed E-state index contributed by atoms with van der Waals surface area (Å²) in [4.78, 5) is 12.6. The highest BCUT2D eigenvalue weighted by atomic mass is 35.5. The molecule has 0 saturated heterocycles. The first-order valence-electron chi connectivity index (χ1n) is 8.63. The van der Waals surface area contributed by atoms with E-state index < -0.39 is 6.10 Å². The van der Waals surface area contributed by atoms with Crippen LogP contribution in [0.1, 0.15) is 18.1 Å². The van der Waals surface area contributed by atoms with Crippen molar-refractivity contribution in [2.45, 2.75) is 19.4 Å². The molecule has 0 saturated carbocycles. The second-order valence-corrected chi connectivity index (χ2v) is 7.84. The maximum Gasteiger partial charge on any atom is 0.209 e. The van der Waals surface area contributed by atoms with E-state index in [-0.39, 0.29) is 18.2 Å². The Morgan fingerprint density at radius 3 is 2.42 bits per heavy atom. The van der Waals surface area contributed by atoms with E-state index in [0.717, 1.165) is 12.2 Å². The van der Waals surface area contributed by atoms with Crippen LogP contribution in [0, 0.1) is 0 Å². The topological polar surface area (TPSA) is 26.3 Å². The first-order valence-corrected chi connectivity index (χ1v) is 8.63. The van der Waals surface area contributed by atoms with E-state index in [1.54, 1.807) is 6.92 Å². The Bertz CT molecular complexity index is 836. The average molecular weight is 372 g/mol. The second kappa shape index (κ2) is 7.65. The number of fused-ring (bicyclic) bond motifs is 3. The predicted molar refractivity (Wildman–Crippen MR) is 102 cm³/mol. The van der Waals surface area contributed by atoms with Gasteiger partial charge in [0.05, 0.1) is 21.1 Å². The van der Waals surface area contributed by atoms with Crippen molar-refractivity contribution in [2.75, 3.05) is 27.7 Å². The Kier molecular flexibility index (Phi) is 5.94. The van der Waals surface area contributed by atoms with Gasteiger partial charge in [0.25, 0.3) is 0 Å². The fourth-order valence-corrected chi connectivity index (χ4v) is 3.34. The van der Waals surface area contributed by atoms with Gasteiger partial charge in [0.15, 0.2) is 0 Å². The first-order chi connectivity index (χ1) is 11.8. The van der Waals surface area contributed by atoms with E-state index >= 15 is 0 Å². The minimum Gasteiger partial charge on any atom is -1.00 e. The third-order valence-electron chi connectivity index (χ3n) is 4.50. The van der Waals surface area contributed by atoms with Crippen LogP contribution in [-0.2, 0) is 11.2 Å². The van der Waals surface area contributed by atoms with Crippen molar-refractivity contribution in [2.24, 2.45) is 0 Å². The highest BCUT2D eigenvalue weighted by Gasteiger charge is 2.30. The number of ketones is 1. The summed E-state index contributed by atoms with van der Waals surface area (Å²) in [5.74, 6) is 0.780. The number of quaternary nitrogens is 1. The lowest BCUT2D eigenvalue weighted by Crippen LogP contribution is -3.00. The summed E-state index contributed by atoms with van der Waals surface area (Å²) < 4.78 is 6.91. The van der Waals surface area contributed by atoms with Crippen LogP contribution < -0.4 is 17.1 Å². The first kappa shape index (κ1) is 20.2. The van der Waals surface area contributed by atoms with Crippen molar-refractivity contribution >= 4 is 5.78 Å². The van der Waals surface area contributed by atoms with Crippen LogP contribution in [0.15, 0.2) is 54.6 Å². The molecule has 0 heterocycles. The zero-order valence-corrected chi connectivity index (χ0v) is 16.6. The molecule has 1 aliphatic rings. The van der Waals surface area contributed by atoms with Crippen LogP contribution in [0.4, 0.5) is 0 Å². The number of hydrogen-bond acceptors (Lipinski definition) is 2. The third kappa shape index (κ3) is 4.17. The molecule has 1 aliphatic carbocycles. The van der Waals surface area contributed by atoms with Crippen LogP contribution >= 0.6 is 0 Å². The largest absolute Gasteiger partial charge is 1.00 e. The standard InChI is InChI=1S/C22H26NO2.ClH/c1-15(2)22(24)21(14-23(3,4)5)25-20-12-8-11-18-17-10-7-6-9-16(17)13-19(18)20;/h6-12,21H,1,13-14H2,2-5H3;1H/q+1;/p-1. The predicted octanol–water partition coefficient (Wildman–Crippen LogP) is 0.861. The number of benzene rings is 2. The van der Waals surface area contributed by atoms with Crippen molar-refractivity contribution in [1.82, 2.24) is 0 Å². The number of hydrogen-bond donors (Lipinski definition) is 0. The molecule has 2 aromatic carbocycles. The number of carbonyl (C=O) groups is 1. The lowest BCUT2D eigenvalue weighted by Gasteiger charge is -2.29. The summed E-state index contributed by atoms with van der Waals surface area (Å²) in [7, 11) is 6.19. The van der Waals surface area contributed by atoms with Crippen LogP contribution in [0.3, 0.4) is 0 Å². The molecule has 0 amide bonds. The van der Waals surface area contributed by atoms with Gasteiger partial charge in [0.1, 0.15) is 12.3 Å². The molecule has 0 spiro atoms. The summed E-state index contributed by atoms with van der Waals surface area (Å²) in [5, 5.41) is 0. The SMILES string of the molecule is C=C(C)C(=O)C(C[N+](C)(C)C)Oc1cccc2c1Cc1ccccc1-2.[Cl-]. The number of nitrogens with zero attached hydrogens (tertiary/aromatic N) is 1. The minimum atomic E-state index is -0.521. The quantitative estimate of drug-likeness (QED) is 0.474. The lowest BCUT2D eigenvalue weighted by atomic mass is 10.0. The van der Waals surface area contributed by atoms with E-state index in [1.165, 1.54) is 22.3 Å². The molecule has 0 N–H and O–H groups in total. The smallest absolute Gasteiger partial charge is 0.209 e. The Balaban J connectivity index is 0.00000243. The Labute approximate surface area is 162 Å². The third-order valence-corrected chi connectivity index (χ3v) is 4.50. The number of carbonyl (C=O) groups excluding carboxylic acids is 1. The highest BCUT2D eigenvalue weighted by Crippen LogP contribution is 2.41. The number of ether oxygens (including phenoxy) is 1. The van der Waals surface area contributed by atoms with Gasteiger partial charge in [0, 0.05) is 12.0 Å². The fraction of sp³-hybridized carbons (Fsp3) is 0.318. The molecule has 0 fully saturated rings. The number of halogens is 1. The molecule has 0 bridgehead atoms. The maximum atomic E-state index is 12.6. The molecule has 2 aromatic rings. The van der Waals surface area contributed by atoms with Gasteiger partial charge in [-0.25, -0.2) is 0 Å². The number of likely N-dealkylation sites (N-methyl/N-ethyl adjacent to an activating group) is 1. The van der Waals surface area contributed by atoms with E-state index in [4.69, 9.17) is 4.74 Å². The van der Waals surface area contributed by atoms with Crippen molar-refractivity contribution in [3.63, 3.8) is 0 Å². The molecule has 3 nitrogen and oxygen atoms in total. The van der Waals surface area contributed by atoms with E-state index in [9.17, 15) is 4.79 Å². The molecule has 1 unspecified atom stereocenters. The fourth-order valence-electron chi connectivity index (χ4n) is 3.34. The van der Waals surface area contributed by atoms with E-state index in [0.29, 0.717) is 16.6 Å². The molecule has 1 atom stereocenters. The molecule has 26 heavy (non-hydrogen) atoms. The van der Waals surface area contributed by atoms with Crippen molar-refractivity contribution in [3.8, 4) is 16.9 Å². The van der Waals surface area contributed by atoms with Gasteiger partial charge in [-0.05, 0) is 35.3 Å². The lowest BCUT2D eigenvalue weighted by molar-refractivity contribution is -0.872. The second-order valence-electron chi connectivity index (χ2n) is 7.84. The highest BCUT2D eigenvalue weighted by molar-refractivity contribution is 5.98. The number of Topliss-reactive ketones (excluding diaryl/α,β-unsaturated/α-hetero) is 1. The van der Waals surface area contributed by atoms with Gasteiger partial charge < -0.3 is 21.6 Å². The molecule has 0 aromatic heterocycles. The molecular weight excluding hydrogens is 346 g/mol. The summed E-state index contributed by atoms with van der Waals surface area (Å²) in [6, 6.07) is 14.5. The maximum absolute atomic E-state index is 12.6. The zero-order valence-electron chi connectivity index (χ0n) is 15.9. The number of rotatable bonds is 6. The monoisotopic (exact) mass is 371 g/mol. The van der Waals surface area contributed by atoms with E-state index in [1.807, 2.05) is 12.1 Å². The van der Waals surface area contributed by atoms with Gasteiger partial charge >= 0.3 is 0 Å². The van der Waals surface area contributed by atoms with Crippen molar-refractivity contribution < 1.29 is 26.4 Å². The minimum absolute atomic E-state index is 0. The summed E-state index contributed by atoms with van der Waals surface area (Å²) in [5.41, 5.74) is 5.49. The van der Waals surface area contributed by atoms with Crippen LogP contribution in [0.2, 0.25) is 0 Å². The molecule has 3 rings (SSSR count). The zero-order chi connectivity index (χ0) is 18.2. The van der Waals surface area contributed by atoms with E-state index in [2.05, 4.69) is 58.1 Å². The Hall–Kier alpha value is -2.10. The van der Waals surface area contributed by atoms with Crippen LogP contribution in [0.25, 0.3) is 11.1 Å². The molecular formula is C22H26ClNO2. The summed E-state index contributed by atoms with van der Waals surface area (Å²) >= 11 is 0. The summed E-state index contributed by atoms with van der Waals surface area (Å²) in [6.45, 7) is 6.17. The van der Waals surface area contributed by atoms with Gasteiger partial charge in [-0.3, -0.25) is 4.79 Å². The molecule has 0 aliphatic heterocycles. The van der Waals surface area contributed by atoms with Gasteiger partial charge in [-0.15, -0.1) is 0 Å². The van der Waals surface area contributed by atoms with Crippen LogP contribution in [0.5, 0.6) is 5.75 Å². The molecule has 0 radical (unpaired) electrons. The summed E-state index contributed by atoms with van der Waals surface area (Å²) in [6.07, 6.45) is 0.327. The molecule has 4 heteroatoms. The van der Waals surface area contributed by atoms with Gasteiger partial charge in [-0.1, -0.05) is 43.0 Å². The van der Waals surface area contributed by atoms with Crippen molar-refractivity contribution in [1.29, 1.82) is 0 Å². The Morgan fingerprint density at radius 2 is 1.77 bits per heavy atom. The average Bonchev–Trinajstić information content (AvgIpc) is 2.92. The van der Waals surface area contributed by atoms with Crippen LogP contribution in [-0.4, -0.2) is 44.1 Å². The van der Waals surface area contributed by atoms with Crippen molar-refractivity contribution in [3.05, 3.63) is 65.7 Å².